The second-order valence-electron chi connectivity index (χ2n) is 4.66. The first-order chi connectivity index (χ1) is 7.57. The smallest absolute Gasteiger partial charge is 0.129 e. The second kappa shape index (κ2) is 4.06. The van der Waals surface area contributed by atoms with Gasteiger partial charge in [0.15, 0.2) is 0 Å². The first-order valence-electron chi connectivity index (χ1n) is 5.66. The predicted molar refractivity (Wildman–Crippen MR) is 62.3 cm³/mol. The minimum Gasteiger partial charge on any atom is -0.496 e. The predicted octanol–water partition coefficient (Wildman–Crippen LogP) is 2.74. The number of ether oxygens (including phenoxy) is 1. The number of halogens is 1. The average Bonchev–Trinajstić information content (AvgIpc) is 2.69. The van der Waals surface area contributed by atoms with Gasteiger partial charge in [0.25, 0.3) is 0 Å². The third-order valence-corrected chi connectivity index (χ3v) is 3.44. The van der Waals surface area contributed by atoms with Crippen molar-refractivity contribution >= 4 is 0 Å². The Morgan fingerprint density at radius 3 is 2.75 bits per heavy atom. The van der Waals surface area contributed by atoms with E-state index < -0.39 is 0 Å². The zero-order chi connectivity index (χ0) is 11.8. The summed E-state index contributed by atoms with van der Waals surface area (Å²) in [5.74, 6) is 0.433. The zero-order valence-corrected chi connectivity index (χ0v) is 10.1. The lowest BCUT2D eigenvalue weighted by Gasteiger charge is -2.27. The van der Waals surface area contributed by atoms with E-state index in [0.717, 1.165) is 24.9 Å². The van der Waals surface area contributed by atoms with Gasteiger partial charge in [-0.25, -0.2) is 4.39 Å². The first-order valence-corrected chi connectivity index (χ1v) is 5.66. The molecule has 1 unspecified atom stereocenters. The SMILES string of the molecule is COc1cc(F)c(C)cc1C1(C)CCCN1. The van der Waals surface area contributed by atoms with Gasteiger partial charge in [0, 0.05) is 17.2 Å². The fraction of sp³-hybridized carbons (Fsp3) is 0.538. The van der Waals surface area contributed by atoms with Crippen molar-refractivity contribution in [2.45, 2.75) is 32.2 Å². The Kier molecular flexibility index (Phi) is 2.89. The summed E-state index contributed by atoms with van der Waals surface area (Å²) in [7, 11) is 1.59. The number of hydrogen-bond acceptors (Lipinski definition) is 2. The van der Waals surface area contributed by atoms with Gasteiger partial charge in [-0.15, -0.1) is 0 Å². The molecule has 0 spiro atoms. The molecule has 16 heavy (non-hydrogen) atoms. The molecule has 0 radical (unpaired) electrons. The molecule has 1 saturated heterocycles. The Balaban J connectivity index is 2.50. The minimum atomic E-state index is -0.206. The minimum absolute atomic E-state index is 0.0796. The summed E-state index contributed by atoms with van der Waals surface area (Å²) in [6, 6.07) is 3.38. The third kappa shape index (κ3) is 1.80. The van der Waals surface area contributed by atoms with Crippen molar-refractivity contribution in [3.8, 4) is 5.75 Å². The number of methoxy groups -OCH3 is 1. The van der Waals surface area contributed by atoms with Crippen LogP contribution in [0.4, 0.5) is 4.39 Å². The molecule has 2 rings (SSSR count). The van der Waals surface area contributed by atoms with Gasteiger partial charge in [0.1, 0.15) is 11.6 Å². The monoisotopic (exact) mass is 223 g/mol. The molecule has 0 bridgehead atoms. The molecule has 0 aromatic heterocycles. The highest BCUT2D eigenvalue weighted by atomic mass is 19.1. The fourth-order valence-corrected chi connectivity index (χ4v) is 2.39. The molecule has 3 heteroatoms. The molecule has 88 valence electrons. The van der Waals surface area contributed by atoms with Crippen molar-refractivity contribution in [3.05, 3.63) is 29.1 Å². The Morgan fingerprint density at radius 2 is 2.19 bits per heavy atom. The molecular weight excluding hydrogens is 205 g/mol. The number of benzene rings is 1. The maximum atomic E-state index is 13.5. The lowest BCUT2D eigenvalue weighted by Crippen LogP contribution is -2.33. The van der Waals surface area contributed by atoms with E-state index in [1.807, 2.05) is 6.07 Å². The maximum Gasteiger partial charge on any atom is 0.129 e. The van der Waals surface area contributed by atoms with E-state index >= 15 is 0 Å². The van der Waals surface area contributed by atoms with E-state index in [1.54, 1.807) is 14.0 Å². The van der Waals surface area contributed by atoms with Gasteiger partial charge in [-0.05, 0) is 44.9 Å². The highest BCUT2D eigenvalue weighted by molar-refractivity contribution is 5.42. The summed E-state index contributed by atoms with van der Waals surface area (Å²) >= 11 is 0. The van der Waals surface area contributed by atoms with Crippen molar-refractivity contribution in [1.82, 2.24) is 5.32 Å². The van der Waals surface area contributed by atoms with E-state index in [0.29, 0.717) is 11.3 Å². The summed E-state index contributed by atoms with van der Waals surface area (Å²) in [5.41, 5.74) is 1.65. The molecule has 1 aliphatic rings. The average molecular weight is 223 g/mol. The molecule has 1 aromatic carbocycles. The largest absolute Gasteiger partial charge is 0.496 e. The Bertz CT molecular complexity index is 397. The van der Waals surface area contributed by atoms with Crippen LogP contribution in [-0.4, -0.2) is 13.7 Å². The number of aryl methyl sites for hydroxylation is 1. The van der Waals surface area contributed by atoms with Crippen LogP contribution < -0.4 is 10.1 Å². The first kappa shape index (κ1) is 11.4. The van der Waals surface area contributed by atoms with Gasteiger partial charge >= 0.3 is 0 Å². The molecule has 1 fully saturated rings. The second-order valence-corrected chi connectivity index (χ2v) is 4.66. The zero-order valence-electron chi connectivity index (χ0n) is 10.1. The molecule has 1 N–H and O–H groups in total. The lowest BCUT2D eigenvalue weighted by atomic mass is 9.88. The van der Waals surface area contributed by atoms with Crippen molar-refractivity contribution in [1.29, 1.82) is 0 Å². The van der Waals surface area contributed by atoms with E-state index in [1.165, 1.54) is 6.07 Å². The Hall–Kier alpha value is -1.09. The van der Waals surface area contributed by atoms with Gasteiger partial charge in [-0.2, -0.15) is 0 Å². The van der Waals surface area contributed by atoms with Gasteiger partial charge in [0.2, 0.25) is 0 Å². The maximum absolute atomic E-state index is 13.5. The van der Waals surface area contributed by atoms with Crippen LogP contribution in [0.2, 0.25) is 0 Å². The topological polar surface area (TPSA) is 21.3 Å². The molecule has 0 aliphatic carbocycles. The van der Waals surface area contributed by atoms with Crippen molar-refractivity contribution in [2.24, 2.45) is 0 Å². The van der Waals surface area contributed by atoms with Crippen LogP contribution in [0.3, 0.4) is 0 Å². The molecule has 1 aromatic rings. The van der Waals surface area contributed by atoms with Crippen LogP contribution in [0.15, 0.2) is 12.1 Å². The van der Waals surface area contributed by atoms with Crippen LogP contribution in [0.5, 0.6) is 5.75 Å². The number of hydrogen-bond donors (Lipinski definition) is 1. The third-order valence-electron chi connectivity index (χ3n) is 3.44. The van der Waals surface area contributed by atoms with E-state index in [9.17, 15) is 4.39 Å². The molecule has 0 amide bonds. The summed E-state index contributed by atoms with van der Waals surface area (Å²) in [4.78, 5) is 0. The summed E-state index contributed by atoms with van der Waals surface area (Å²) in [6.07, 6.45) is 2.21. The van der Waals surface area contributed by atoms with E-state index in [-0.39, 0.29) is 11.4 Å². The fourth-order valence-electron chi connectivity index (χ4n) is 2.39. The quantitative estimate of drug-likeness (QED) is 0.832. The Morgan fingerprint density at radius 1 is 1.44 bits per heavy atom. The molecule has 2 nitrogen and oxygen atoms in total. The van der Waals surface area contributed by atoms with Crippen molar-refractivity contribution in [3.63, 3.8) is 0 Å². The van der Waals surface area contributed by atoms with E-state index in [2.05, 4.69) is 12.2 Å². The van der Waals surface area contributed by atoms with Crippen LogP contribution in [0, 0.1) is 12.7 Å². The lowest BCUT2D eigenvalue weighted by molar-refractivity contribution is 0.368. The van der Waals surface area contributed by atoms with Crippen molar-refractivity contribution in [2.75, 3.05) is 13.7 Å². The van der Waals surface area contributed by atoms with Crippen LogP contribution in [-0.2, 0) is 5.54 Å². The summed E-state index contributed by atoms with van der Waals surface area (Å²) < 4.78 is 18.7. The van der Waals surface area contributed by atoms with E-state index in [4.69, 9.17) is 4.74 Å². The molecule has 1 heterocycles. The number of rotatable bonds is 2. The molecular formula is C13H18FNO. The number of nitrogens with one attached hydrogen (secondary N) is 1. The Labute approximate surface area is 95.8 Å². The highest BCUT2D eigenvalue weighted by Crippen LogP contribution is 2.37. The molecule has 1 atom stereocenters. The normalized spacial score (nSPS) is 24.8. The highest BCUT2D eigenvalue weighted by Gasteiger charge is 2.33. The standard InChI is InChI=1S/C13H18FNO/c1-9-7-10(12(16-3)8-11(9)14)13(2)5-4-6-15-13/h7-8,15H,4-6H2,1-3H3. The van der Waals surface area contributed by atoms with Crippen LogP contribution >= 0.6 is 0 Å². The van der Waals surface area contributed by atoms with Crippen LogP contribution in [0.25, 0.3) is 0 Å². The van der Waals surface area contributed by atoms with Crippen LogP contribution in [0.1, 0.15) is 30.9 Å². The summed E-state index contributed by atoms with van der Waals surface area (Å²) in [5, 5.41) is 3.47. The van der Waals surface area contributed by atoms with Gasteiger partial charge in [-0.1, -0.05) is 0 Å². The molecule has 0 saturated carbocycles. The summed E-state index contributed by atoms with van der Waals surface area (Å²) in [6.45, 7) is 4.95. The van der Waals surface area contributed by atoms with Gasteiger partial charge < -0.3 is 10.1 Å². The van der Waals surface area contributed by atoms with Gasteiger partial charge in [-0.3, -0.25) is 0 Å². The molecule has 1 aliphatic heterocycles. The van der Waals surface area contributed by atoms with Gasteiger partial charge in [0.05, 0.1) is 7.11 Å². The van der Waals surface area contributed by atoms with Crippen molar-refractivity contribution < 1.29 is 9.13 Å².